The molecule has 2 nitrogen and oxygen atoms in total. The summed E-state index contributed by atoms with van der Waals surface area (Å²) in [4.78, 5) is 4.17. The quantitative estimate of drug-likeness (QED) is 0.539. The number of hydrogen-bond donors (Lipinski definition) is 0. The van der Waals surface area contributed by atoms with Crippen LogP contribution in [0.25, 0.3) is 0 Å². The van der Waals surface area contributed by atoms with Crippen LogP contribution >= 0.6 is 0 Å². The molecule has 0 spiro atoms. The molecule has 0 saturated heterocycles. The molecule has 0 aliphatic rings. The Morgan fingerprint density at radius 3 is 2.00 bits per heavy atom. The molecule has 1 atom stereocenters. The standard InChI is InChI=1S/C24H38N2/c1-21(2,3)23(6,7)24(8,20-13-10-9-11-14-20)22(4,5)15-12-17-26-18-16-25-19-26/h9-11,13-14,16,18-19H,12,15,17H2,1-8H3. The molecule has 0 aliphatic carbocycles. The molecular formula is C24H38N2. The van der Waals surface area contributed by atoms with Crippen molar-refractivity contribution in [2.24, 2.45) is 16.2 Å². The lowest BCUT2D eigenvalue weighted by molar-refractivity contribution is -0.0436. The summed E-state index contributed by atoms with van der Waals surface area (Å²) in [6.45, 7) is 20.5. The van der Waals surface area contributed by atoms with Crippen LogP contribution in [0.4, 0.5) is 0 Å². The van der Waals surface area contributed by atoms with Crippen LogP contribution in [0.5, 0.6) is 0 Å². The monoisotopic (exact) mass is 354 g/mol. The van der Waals surface area contributed by atoms with Crippen LogP contribution < -0.4 is 0 Å². The molecule has 2 aromatic rings. The van der Waals surface area contributed by atoms with Gasteiger partial charge in [0.05, 0.1) is 6.33 Å². The maximum atomic E-state index is 4.17. The highest BCUT2D eigenvalue weighted by Crippen LogP contribution is 2.61. The first-order valence-electron chi connectivity index (χ1n) is 9.95. The van der Waals surface area contributed by atoms with E-state index < -0.39 is 0 Å². The number of benzene rings is 1. The van der Waals surface area contributed by atoms with Crippen molar-refractivity contribution >= 4 is 0 Å². The molecular weight excluding hydrogens is 316 g/mol. The Morgan fingerprint density at radius 2 is 1.50 bits per heavy atom. The zero-order valence-corrected chi connectivity index (χ0v) is 18.1. The average molecular weight is 355 g/mol. The molecule has 1 unspecified atom stereocenters. The third-order valence-corrected chi connectivity index (χ3v) is 7.61. The summed E-state index contributed by atoms with van der Waals surface area (Å²) in [6.07, 6.45) is 8.18. The van der Waals surface area contributed by atoms with Gasteiger partial charge >= 0.3 is 0 Å². The maximum Gasteiger partial charge on any atom is 0.0945 e. The van der Waals surface area contributed by atoms with Crippen LogP contribution in [0.1, 0.15) is 73.8 Å². The Bertz CT molecular complexity index is 675. The number of aryl methyl sites for hydroxylation is 1. The lowest BCUT2D eigenvalue weighted by Gasteiger charge is -2.60. The topological polar surface area (TPSA) is 17.8 Å². The molecule has 0 aliphatic heterocycles. The van der Waals surface area contributed by atoms with E-state index in [1.54, 1.807) is 0 Å². The van der Waals surface area contributed by atoms with Crippen molar-refractivity contribution in [1.29, 1.82) is 0 Å². The zero-order valence-electron chi connectivity index (χ0n) is 18.1. The number of nitrogens with zero attached hydrogens (tertiary/aromatic N) is 2. The van der Waals surface area contributed by atoms with Crippen molar-refractivity contribution < 1.29 is 0 Å². The maximum absolute atomic E-state index is 4.17. The van der Waals surface area contributed by atoms with Gasteiger partial charge in [0.15, 0.2) is 0 Å². The van der Waals surface area contributed by atoms with Gasteiger partial charge in [0.2, 0.25) is 0 Å². The van der Waals surface area contributed by atoms with Crippen LogP contribution in [0.15, 0.2) is 49.1 Å². The minimum atomic E-state index is 0.0500. The van der Waals surface area contributed by atoms with Crippen LogP contribution in [-0.2, 0) is 12.0 Å². The number of aromatic nitrogens is 2. The van der Waals surface area contributed by atoms with Crippen molar-refractivity contribution in [3.05, 3.63) is 54.6 Å². The first-order valence-corrected chi connectivity index (χ1v) is 9.95. The smallest absolute Gasteiger partial charge is 0.0945 e. The lowest BCUT2D eigenvalue weighted by Crippen LogP contribution is -2.55. The van der Waals surface area contributed by atoms with Gasteiger partial charge in [0, 0.05) is 24.4 Å². The largest absolute Gasteiger partial charge is 0.337 e. The molecule has 0 saturated carbocycles. The lowest BCUT2D eigenvalue weighted by atomic mass is 9.44. The van der Waals surface area contributed by atoms with Crippen molar-refractivity contribution in [3.8, 4) is 0 Å². The van der Waals surface area contributed by atoms with Crippen LogP contribution in [-0.4, -0.2) is 9.55 Å². The van der Waals surface area contributed by atoms with E-state index in [1.807, 2.05) is 12.5 Å². The van der Waals surface area contributed by atoms with E-state index >= 15 is 0 Å². The predicted octanol–water partition coefficient (Wildman–Crippen LogP) is 6.72. The van der Waals surface area contributed by atoms with Gasteiger partial charge in [-0.1, -0.05) is 85.7 Å². The van der Waals surface area contributed by atoms with E-state index in [4.69, 9.17) is 0 Å². The van der Waals surface area contributed by atoms with E-state index in [0.29, 0.717) is 0 Å². The van der Waals surface area contributed by atoms with Gasteiger partial charge in [-0.05, 0) is 34.7 Å². The Morgan fingerprint density at radius 1 is 0.885 bits per heavy atom. The third-order valence-electron chi connectivity index (χ3n) is 7.61. The van der Waals surface area contributed by atoms with E-state index in [9.17, 15) is 0 Å². The van der Waals surface area contributed by atoms with E-state index in [1.165, 1.54) is 12.0 Å². The summed E-state index contributed by atoms with van der Waals surface area (Å²) >= 11 is 0. The molecule has 0 N–H and O–H groups in total. The van der Waals surface area contributed by atoms with Gasteiger partial charge in [-0.2, -0.15) is 0 Å². The Hall–Kier alpha value is -1.57. The van der Waals surface area contributed by atoms with Gasteiger partial charge < -0.3 is 4.57 Å². The normalized spacial score (nSPS) is 15.7. The van der Waals surface area contributed by atoms with Gasteiger partial charge in [0.25, 0.3) is 0 Å². The average Bonchev–Trinajstić information content (AvgIpc) is 3.06. The fraction of sp³-hybridized carbons (Fsp3) is 0.625. The van der Waals surface area contributed by atoms with Gasteiger partial charge in [-0.25, -0.2) is 4.98 Å². The third kappa shape index (κ3) is 3.61. The molecule has 1 heterocycles. The zero-order chi connectivity index (χ0) is 19.6. The Labute approximate surface area is 161 Å². The molecule has 0 amide bonds. The first kappa shape index (κ1) is 20.7. The van der Waals surface area contributed by atoms with Gasteiger partial charge in [0.1, 0.15) is 0 Å². The molecule has 2 rings (SSSR count). The second-order valence-electron chi connectivity index (χ2n) is 10.2. The van der Waals surface area contributed by atoms with Crippen molar-refractivity contribution in [1.82, 2.24) is 9.55 Å². The molecule has 0 radical (unpaired) electrons. The highest BCUT2D eigenvalue weighted by Gasteiger charge is 2.56. The molecule has 0 fully saturated rings. The summed E-state index contributed by atoms with van der Waals surface area (Å²) in [7, 11) is 0. The minimum absolute atomic E-state index is 0.0500. The van der Waals surface area contributed by atoms with E-state index in [0.717, 1.165) is 13.0 Å². The fourth-order valence-corrected chi connectivity index (χ4v) is 4.49. The highest BCUT2D eigenvalue weighted by molar-refractivity contribution is 5.31. The van der Waals surface area contributed by atoms with Crippen molar-refractivity contribution in [2.75, 3.05) is 0 Å². The van der Waals surface area contributed by atoms with E-state index in [-0.39, 0.29) is 21.7 Å². The molecule has 1 aromatic carbocycles. The summed E-state index contributed by atoms with van der Waals surface area (Å²) < 4.78 is 2.19. The summed E-state index contributed by atoms with van der Waals surface area (Å²) in [5.74, 6) is 0. The molecule has 1 aromatic heterocycles. The fourth-order valence-electron chi connectivity index (χ4n) is 4.49. The molecule has 0 bridgehead atoms. The molecule has 144 valence electrons. The summed E-state index contributed by atoms with van der Waals surface area (Å²) in [6, 6.07) is 11.2. The highest BCUT2D eigenvalue weighted by atomic mass is 15.0. The summed E-state index contributed by atoms with van der Waals surface area (Å²) in [5.41, 5.74) is 1.98. The second kappa shape index (κ2) is 7.21. The summed E-state index contributed by atoms with van der Waals surface area (Å²) in [5, 5.41) is 0. The van der Waals surface area contributed by atoms with Gasteiger partial charge in [-0.3, -0.25) is 0 Å². The number of imidazole rings is 1. The Balaban J connectivity index is 2.39. The minimum Gasteiger partial charge on any atom is -0.337 e. The van der Waals surface area contributed by atoms with Crippen molar-refractivity contribution in [2.45, 2.75) is 80.2 Å². The number of hydrogen-bond acceptors (Lipinski definition) is 1. The number of rotatable bonds is 7. The second-order valence-corrected chi connectivity index (χ2v) is 10.2. The van der Waals surface area contributed by atoms with Crippen LogP contribution in [0.3, 0.4) is 0 Å². The van der Waals surface area contributed by atoms with Crippen molar-refractivity contribution in [3.63, 3.8) is 0 Å². The first-order chi connectivity index (χ1) is 11.9. The van der Waals surface area contributed by atoms with Crippen LogP contribution in [0.2, 0.25) is 0 Å². The Kier molecular flexibility index (Phi) is 5.75. The SMILES string of the molecule is CC(C)(C)C(C)(C)C(C)(c1ccccc1)C(C)(C)CCCn1ccnc1. The van der Waals surface area contributed by atoms with E-state index in [2.05, 4.69) is 101 Å². The molecule has 26 heavy (non-hydrogen) atoms. The predicted molar refractivity (Wildman–Crippen MR) is 112 cm³/mol. The van der Waals surface area contributed by atoms with Gasteiger partial charge in [-0.15, -0.1) is 0 Å². The van der Waals surface area contributed by atoms with Crippen LogP contribution in [0, 0.1) is 16.2 Å². The molecule has 2 heteroatoms.